The minimum absolute atomic E-state index is 0.360. The molecule has 1 heterocycles. The van der Waals surface area contributed by atoms with E-state index in [-0.39, 0.29) is 5.60 Å². The molecule has 2 rings (SSSR count). The van der Waals surface area contributed by atoms with Crippen LogP contribution in [0.25, 0.3) is 0 Å². The molecular weight excluding hydrogens is 216 g/mol. The lowest BCUT2D eigenvalue weighted by molar-refractivity contribution is -0.194. The fourth-order valence-corrected chi connectivity index (χ4v) is 1.68. The topological polar surface area (TPSA) is 27.7 Å². The highest BCUT2D eigenvalue weighted by Crippen LogP contribution is 2.32. The van der Waals surface area contributed by atoms with Crippen LogP contribution in [0.3, 0.4) is 0 Å². The highest BCUT2D eigenvalue weighted by molar-refractivity contribution is 5.39. The number of hydrogen-bond acceptors (Lipinski definition) is 3. The maximum atomic E-state index is 5.76. The van der Waals surface area contributed by atoms with E-state index in [0.717, 1.165) is 16.9 Å². The summed E-state index contributed by atoms with van der Waals surface area (Å²) in [5, 5.41) is 0. The minimum Gasteiger partial charge on any atom is -0.358 e. The summed E-state index contributed by atoms with van der Waals surface area (Å²) in [7, 11) is 0. The van der Waals surface area contributed by atoms with Crippen molar-refractivity contribution < 1.29 is 14.5 Å². The van der Waals surface area contributed by atoms with Crippen molar-refractivity contribution in [2.24, 2.45) is 0 Å². The molecule has 90 valence electrons. The number of hydrogen-bond donors (Lipinski definition) is 0. The first-order valence-electron chi connectivity index (χ1n) is 5.60. The molecule has 0 N–H and O–H groups in total. The molecular formula is C14H16O3. The quantitative estimate of drug-likeness (QED) is 0.592. The van der Waals surface area contributed by atoms with Crippen LogP contribution in [0.15, 0.2) is 18.2 Å². The van der Waals surface area contributed by atoms with E-state index in [4.69, 9.17) is 14.5 Å². The lowest BCUT2D eigenvalue weighted by atomic mass is 9.96. The van der Waals surface area contributed by atoms with E-state index < -0.39 is 0 Å². The molecule has 0 fully saturated rings. The highest BCUT2D eigenvalue weighted by Gasteiger charge is 2.24. The van der Waals surface area contributed by atoms with Gasteiger partial charge in [0.05, 0.1) is 5.60 Å². The molecule has 1 aliphatic rings. The molecule has 0 atom stereocenters. The van der Waals surface area contributed by atoms with E-state index in [1.165, 1.54) is 0 Å². The Labute approximate surface area is 102 Å². The third-order valence-corrected chi connectivity index (χ3v) is 2.80. The summed E-state index contributed by atoms with van der Waals surface area (Å²) in [6.45, 7) is 6.80. The number of ether oxygens (including phenoxy) is 1. The van der Waals surface area contributed by atoms with Crippen LogP contribution in [-0.4, -0.2) is 6.61 Å². The van der Waals surface area contributed by atoms with Crippen molar-refractivity contribution in [3.63, 3.8) is 0 Å². The number of rotatable bonds is 3. The third-order valence-electron chi connectivity index (χ3n) is 2.80. The summed E-state index contributed by atoms with van der Waals surface area (Å²) in [6, 6.07) is 5.96. The molecule has 17 heavy (non-hydrogen) atoms. The molecule has 0 bridgehead atoms. The minimum atomic E-state index is -0.360. The van der Waals surface area contributed by atoms with Crippen LogP contribution >= 0.6 is 0 Å². The van der Waals surface area contributed by atoms with E-state index in [1.807, 2.05) is 26.0 Å². The van der Waals surface area contributed by atoms with Crippen molar-refractivity contribution in [1.29, 1.82) is 0 Å². The summed E-state index contributed by atoms with van der Waals surface area (Å²) < 4.78 is 5.76. The first kappa shape index (κ1) is 12.0. The van der Waals surface area contributed by atoms with Gasteiger partial charge >= 0.3 is 0 Å². The van der Waals surface area contributed by atoms with Crippen LogP contribution in [0.2, 0.25) is 0 Å². The van der Waals surface area contributed by atoms with Gasteiger partial charge in [0.15, 0.2) is 5.75 Å². The molecule has 3 nitrogen and oxygen atoms in total. The van der Waals surface area contributed by atoms with Crippen LogP contribution in [-0.2, 0) is 21.8 Å². The predicted molar refractivity (Wildman–Crippen MR) is 64.3 cm³/mol. The van der Waals surface area contributed by atoms with Gasteiger partial charge in [-0.3, -0.25) is 0 Å². The van der Waals surface area contributed by atoms with Gasteiger partial charge in [-0.05, 0) is 38.5 Å². The maximum Gasteiger partial charge on any atom is 0.171 e. The average Bonchev–Trinajstić information content (AvgIpc) is 2.76. The molecule has 1 aliphatic heterocycles. The Morgan fingerprint density at radius 1 is 1.41 bits per heavy atom. The molecule has 0 radical (unpaired) electrons. The SMILES string of the molecule is CC#CCOC(C)(C)c1ccc2c(c1)COO2. The van der Waals surface area contributed by atoms with Crippen molar-refractivity contribution in [3.8, 4) is 17.6 Å². The van der Waals surface area contributed by atoms with Gasteiger partial charge in [0.2, 0.25) is 0 Å². The van der Waals surface area contributed by atoms with Crippen LogP contribution < -0.4 is 4.89 Å². The van der Waals surface area contributed by atoms with Crippen molar-refractivity contribution >= 4 is 0 Å². The molecule has 0 aromatic heterocycles. The van der Waals surface area contributed by atoms with Gasteiger partial charge in [-0.2, -0.15) is 4.89 Å². The fraction of sp³-hybridized carbons (Fsp3) is 0.429. The molecule has 0 saturated heterocycles. The van der Waals surface area contributed by atoms with E-state index in [2.05, 4.69) is 17.9 Å². The second kappa shape index (κ2) is 4.79. The molecule has 0 saturated carbocycles. The number of fused-ring (bicyclic) bond motifs is 1. The molecule has 1 aromatic carbocycles. The highest BCUT2D eigenvalue weighted by atomic mass is 17.2. The zero-order chi connectivity index (χ0) is 12.3. The first-order valence-corrected chi connectivity index (χ1v) is 5.60. The standard InChI is InChI=1S/C14H16O3/c1-4-5-8-15-14(2,3)12-6-7-13-11(9-12)10-16-17-13/h6-7,9H,8,10H2,1-3H3. The Morgan fingerprint density at radius 3 is 3.00 bits per heavy atom. The predicted octanol–water partition coefficient (Wildman–Crippen LogP) is 2.79. The fourth-order valence-electron chi connectivity index (χ4n) is 1.68. The Balaban J connectivity index is 2.17. The van der Waals surface area contributed by atoms with E-state index >= 15 is 0 Å². The first-order chi connectivity index (χ1) is 8.13. The Kier molecular flexibility index (Phi) is 3.37. The van der Waals surface area contributed by atoms with Gasteiger partial charge in [0.1, 0.15) is 13.2 Å². The maximum absolute atomic E-state index is 5.76. The second-order valence-electron chi connectivity index (χ2n) is 4.39. The smallest absolute Gasteiger partial charge is 0.171 e. The van der Waals surface area contributed by atoms with Crippen LogP contribution in [0.1, 0.15) is 31.9 Å². The third kappa shape index (κ3) is 2.60. The van der Waals surface area contributed by atoms with Gasteiger partial charge in [-0.15, -0.1) is 5.92 Å². The Hall–Kier alpha value is -1.50. The van der Waals surface area contributed by atoms with Crippen molar-refractivity contribution in [2.45, 2.75) is 33.0 Å². The largest absolute Gasteiger partial charge is 0.358 e. The lowest BCUT2D eigenvalue weighted by Crippen LogP contribution is -2.22. The van der Waals surface area contributed by atoms with E-state index in [0.29, 0.717) is 13.2 Å². The van der Waals surface area contributed by atoms with Crippen molar-refractivity contribution in [1.82, 2.24) is 0 Å². The van der Waals surface area contributed by atoms with Crippen LogP contribution in [0.4, 0.5) is 0 Å². The molecule has 0 unspecified atom stereocenters. The average molecular weight is 232 g/mol. The lowest BCUT2D eigenvalue weighted by Gasteiger charge is -2.25. The summed E-state index contributed by atoms with van der Waals surface area (Å²) in [5.74, 6) is 6.51. The normalized spacial score (nSPS) is 13.6. The molecule has 0 spiro atoms. The van der Waals surface area contributed by atoms with Gasteiger partial charge in [-0.25, -0.2) is 0 Å². The monoisotopic (exact) mass is 232 g/mol. The zero-order valence-electron chi connectivity index (χ0n) is 10.4. The summed E-state index contributed by atoms with van der Waals surface area (Å²) in [4.78, 5) is 9.92. The molecule has 0 amide bonds. The second-order valence-corrected chi connectivity index (χ2v) is 4.39. The van der Waals surface area contributed by atoms with Gasteiger partial charge in [0, 0.05) is 5.56 Å². The van der Waals surface area contributed by atoms with E-state index in [1.54, 1.807) is 6.92 Å². The van der Waals surface area contributed by atoms with Gasteiger partial charge in [0.25, 0.3) is 0 Å². The number of benzene rings is 1. The van der Waals surface area contributed by atoms with Crippen molar-refractivity contribution in [2.75, 3.05) is 6.61 Å². The Bertz CT molecular complexity index is 466. The summed E-state index contributed by atoms with van der Waals surface area (Å²) >= 11 is 0. The molecule has 3 heteroatoms. The summed E-state index contributed by atoms with van der Waals surface area (Å²) in [5.41, 5.74) is 1.80. The van der Waals surface area contributed by atoms with Gasteiger partial charge < -0.3 is 9.62 Å². The van der Waals surface area contributed by atoms with Gasteiger partial charge in [-0.1, -0.05) is 12.0 Å². The Morgan fingerprint density at radius 2 is 2.24 bits per heavy atom. The van der Waals surface area contributed by atoms with Crippen molar-refractivity contribution in [3.05, 3.63) is 29.3 Å². The zero-order valence-corrected chi connectivity index (χ0v) is 10.4. The van der Waals surface area contributed by atoms with E-state index in [9.17, 15) is 0 Å². The summed E-state index contributed by atoms with van der Waals surface area (Å²) in [6.07, 6.45) is 0. The molecule has 0 aliphatic carbocycles. The van der Waals surface area contributed by atoms with Crippen LogP contribution in [0.5, 0.6) is 5.75 Å². The molecule has 1 aromatic rings. The van der Waals surface area contributed by atoms with Crippen LogP contribution in [0, 0.1) is 11.8 Å².